The molecule has 0 atom stereocenters. The Labute approximate surface area is 200 Å². The van der Waals surface area contributed by atoms with Crippen molar-refractivity contribution in [3.63, 3.8) is 0 Å². The van der Waals surface area contributed by atoms with E-state index in [1.807, 2.05) is 4.68 Å². The summed E-state index contributed by atoms with van der Waals surface area (Å²) in [4.78, 5) is 29.0. The molecule has 5 aliphatic rings. The fourth-order valence-electron chi connectivity index (χ4n) is 7.62. The van der Waals surface area contributed by atoms with Gasteiger partial charge in [0.2, 0.25) is 5.69 Å². The third kappa shape index (κ3) is 3.41. The number of benzene rings is 1. The van der Waals surface area contributed by atoms with Crippen molar-refractivity contribution in [2.75, 3.05) is 31.1 Å². The van der Waals surface area contributed by atoms with Crippen LogP contribution < -0.4 is 4.90 Å². The standard InChI is InChI=1S/C26H33N5O3/c1-17-4-3-5-22(18(17)2)28-6-8-29(9-7-28)25(32)24-23(31(33)34)16-30(27-24)26-13-19-10-20(14-26)12-21(11-19)15-26/h3-5,16,19-21H,6-15H2,1-2H3. The number of amides is 1. The van der Waals surface area contributed by atoms with Gasteiger partial charge in [0, 0.05) is 31.9 Å². The molecule has 8 nitrogen and oxygen atoms in total. The number of piperazine rings is 1. The molecule has 4 saturated carbocycles. The van der Waals surface area contributed by atoms with Crippen molar-refractivity contribution >= 4 is 17.3 Å². The second kappa shape index (κ2) is 7.82. The van der Waals surface area contributed by atoms with Crippen LogP contribution in [0.2, 0.25) is 0 Å². The van der Waals surface area contributed by atoms with Gasteiger partial charge >= 0.3 is 5.69 Å². The molecular weight excluding hydrogens is 430 g/mol. The summed E-state index contributed by atoms with van der Waals surface area (Å²) >= 11 is 0. The number of rotatable bonds is 4. The Morgan fingerprint density at radius 1 is 1.03 bits per heavy atom. The lowest BCUT2D eigenvalue weighted by molar-refractivity contribution is -0.385. The maximum absolute atomic E-state index is 13.5. The zero-order valence-corrected chi connectivity index (χ0v) is 20.1. The monoisotopic (exact) mass is 463 g/mol. The lowest BCUT2D eigenvalue weighted by Crippen LogP contribution is -2.52. The van der Waals surface area contributed by atoms with E-state index in [2.05, 4.69) is 42.0 Å². The van der Waals surface area contributed by atoms with Crippen molar-refractivity contribution in [3.8, 4) is 0 Å². The van der Waals surface area contributed by atoms with Gasteiger partial charge in [-0.15, -0.1) is 0 Å². The first-order valence-corrected chi connectivity index (χ1v) is 12.7. The molecule has 1 aromatic heterocycles. The molecule has 4 aliphatic carbocycles. The molecule has 0 N–H and O–H groups in total. The van der Waals surface area contributed by atoms with E-state index in [9.17, 15) is 14.9 Å². The van der Waals surface area contributed by atoms with Gasteiger partial charge in [0.25, 0.3) is 5.91 Å². The maximum Gasteiger partial charge on any atom is 0.320 e. The van der Waals surface area contributed by atoms with E-state index in [-0.39, 0.29) is 22.8 Å². The molecule has 1 aromatic carbocycles. The van der Waals surface area contributed by atoms with Crippen molar-refractivity contribution in [2.45, 2.75) is 57.9 Å². The SMILES string of the molecule is Cc1cccc(N2CCN(C(=O)c3nn(C45CC6CC(CC(C6)C4)C5)cc3[N+](=O)[O-])CC2)c1C. The summed E-state index contributed by atoms with van der Waals surface area (Å²) in [5.41, 5.74) is 3.44. The highest BCUT2D eigenvalue weighted by Crippen LogP contribution is 2.58. The van der Waals surface area contributed by atoms with Crippen LogP contribution in [-0.2, 0) is 5.54 Å². The zero-order valence-electron chi connectivity index (χ0n) is 20.1. The predicted octanol–water partition coefficient (Wildman–Crippen LogP) is 4.30. The van der Waals surface area contributed by atoms with Crippen LogP contribution in [0.1, 0.15) is 60.1 Å². The Morgan fingerprint density at radius 3 is 2.24 bits per heavy atom. The van der Waals surface area contributed by atoms with E-state index in [1.165, 1.54) is 36.1 Å². The van der Waals surface area contributed by atoms with Crippen LogP contribution in [0.3, 0.4) is 0 Å². The number of nitro groups is 1. The number of anilines is 1. The van der Waals surface area contributed by atoms with Crippen molar-refractivity contribution in [3.05, 3.63) is 51.3 Å². The molecule has 7 rings (SSSR count). The topological polar surface area (TPSA) is 84.5 Å². The number of hydrogen-bond donors (Lipinski definition) is 0. The second-order valence-corrected chi connectivity index (χ2v) is 11.2. The molecule has 2 aromatic rings. The molecule has 180 valence electrons. The number of nitrogens with zero attached hydrogens (tertiary/aromatic N) is 5. The molecule has 0 spiro atoms. The fourth-order valence-corrected chi connectivity index (χ4v) is 7.62. The molecule has 34 heavy (non-hydrogen) atoms. The third-order valence-electron chi connectivity index (χ3n) is 9.07. The smallest absolute Gasteiger partial charge is 0.320 e. The molecule has 1 amide bonds. The highest BCUT2D eigenvalue weighted by molar-refractivity contribution is 5.96. The molecule has 0 radical (unpaired) electrons. The zero-order chi connectivity index (χ0) is 23.6. The van der Waals surface area contributed by atoms with Gasteiger partial charge in [0.1, 0.15) is 6.20 Å². The highest BCUT2D eigenvalue weighted by Gasteiger charge is 2.53. The molecule has 8 heteroatoms. The Balaban J connectivity index is 1.23. The van der Waals surface area contributed by atoms with Crippen molar-refractivity contribution in [1.82, 2.24) is 14.7 Å². The third-order valence-corrected chi connectivity index (χ3v) is 9.07. The average Bonchev–Trinajstić information content (AvgIpc) is 3.27. The molecule has 2 heterocycles. The van der Waals surface area contributed by atoms with Crippen LogP contribution in [0, 0.1) is 41.7 Å². The quantitative estimate of drug-likeness (QED) is 0.499. The fraction of sp³-hybridized carbons (Fsp3) is 0.615. The molecule has 5 fully saturated rings. The Morgan fingerprint density at radius 2 is 1.65 bits per heavy atom. The van der Waals surface area contributed by atoms with E-state index in [1.54, 1.807) is 11.1 Å². The lowest BCUT2D eigenvalue weighted by atomic mass is 9.53. The minimum Gasteiger partial charge on any atom is -0.368 e. The van der Waals surface area contributed by atoms with Gasteiger partial charge in [-0.3, -0.25) is 19.6 Å². The Kier molecular flexibility index (Phi) is 4.97. The van der Waals surface area contributed by atoms with Crippen LogP contribution in [0.4, 0.5) is 11.4 Å². The number of aromatic nitrogens is 2. The normalized spacial score (nSPS) is 30.1. The van der Waals surface area contributed by atoms with Crippen molar-refractivity contribution in [1.29, 1.82) is 0 Å². The summed E-state index contributed by atoms with van der Waals surface area (Å²) in [6.45, 7) is 6.72. The van der Waals surface area contributed by atoms with Gasteiger partial charge in [-0.25, -0.2) is 0 Å². The van der Waals surface area contributed by atoms with Crippen LogP contribution in [0.5, 0.6) is 0 Å². The molecule has 4 bridgehead atoms. The summed E-state index contributed by atoms with van der Waals surface area (Å²) in [5.74, 6) is 1.79. The van der Waals surface area contributed by atoms with Gasteiger partial charge in [-0.05, 0) is 87.3 Å². The van der Waals surface area contributed by atoms with E-state index in [0.29, 0.717) is 43.9 Å². The van der Waals surface area contributed by atoms with Crippen LogP contribution >= 0.6 is 0 Å². The summed E-state index contributed by atoms with van der Waals surface area (Å²) in [7, 11) is 0. The van der Waals surface area contributed by atoms with Gasteiger partial charge in [-0.1, -0.05) is 12.1 Å². The molecule has 1 aliphatic heterocycles. The summed E-state index contributed by atoms with van der Waals surface area (Å²) in [6.07, 6.45) is 8.56. The first-order chi connectivity index (χ1) is 16.3. The molecule has 0 unspecified atom stereocenters. The first-order valence-electron chi connectivity index (χ1n) is 12.7. The van der Waals surface area contributed by atoms with Crippen LogP contribution in [0.25, 0.3) is 0 Å². The summed E-state index contributed by atoms with van der Waals surface area (Å²) < 4.78 is 1.84. The van der Waals surface area contributed by atoms with Crippen LogP contribution in [0.15, 0.2) is 24.4 Å². The largest absolute Gasteiger partial charge is 0.368 e. The molecule has 1 saturated heterocycles. The second-order valence-electron chi connectivity index (χ2n) is 11.2. The number of aryl methyl sites for hydroxylation is 1. The summed E-state index contributed by atoms with van der Waals surface area (Å²) in [6, 6.07) is 6.30. The number of hydrogen-bond acceptors (Lipinski definition) is 5. The minimum atomic E-state index is -0.427. The molecular formula is C26H33N5O3. The predicted molar refractivity (Wildman–Crippen MR) is 129 cm³/mol. The Hall–Kier alpha value is -2.90. The number of carbonyl (C=O) groups is 1. The van der Waals surface area contributed by atoms with E-state index in [0.717, 1.165) is 19.3 Å². The minimum absolute atomic E-state index is 0.0148. The van der Waals surface area contributed by atoms with Crippen LogP contribution in [-0.4, -0.2) is 51.7 Å². The van der Waals surface area contributed by atoms with Gasteiger partial charge in [0.05, 0.1) is 10.5 Å². The van der Waals surface area contributed by atoms with Gasteiger partial charge < -0.3 is 9.80 Å². The highest BCUT2D eigenvalue weighted by atomic mass is 16.6. The summed E-state index contributed by atoms with van der Waals surface area (Å²) in [5, 5.41) is 16.6. The number of carbonyl (C=O) groups excluding carboxylic acids is 1. The van der Waals surface area contributed by atoms with E-state index < -0.39 is 4.92 Å². The van der Waals surface area contributed by atoms with Crippen molar-refractivity contribution in [2.24, 2.45) is 17.8 Å². The van der Waals surface area contributed by atoms with Crippen molar-refractivity contribution < 1.29 is 9.72 Å². The Bertz CT molecular complexity index is 1110. The first kappa shape index (κ1) is 21.6. The van der Waals surface area contributed by atoms with E-state index in [4.69, 9.17) is 0 Å². The lowest BCUT2D eigenvalue weighted by Gasteiger charge is -2.56. The van der Waals surface area contributed by atoms with Gasteiger partial charge in [0.15, 0.2) is 0 Å². The van der Waals surface area contributed by atoms with E-state index >= 15 is 0 Å². The van der Waals surface area contributed by atoms with Gasteiger partial charge in [-0.2, -0.15) is 5.10 Å². The average molecular weight is 464 g/mol. The maximum atomic E-state index is 13.5.